The summed E-state index contributed by atoms with van der Waals surface area (Å²) in [6.07, 6.45) is 0.809. The summed E-state index contributed by atoms with van der Waals surface area (Å²) < 4.78 is 0. The number of nitrogens with zero attached hydrogens (tertiary/aromatic N) is 1. The Kier molecular flexibility index (Phi) is 5.77. The molecule has 0 spiro atoms. The van der Waals surface area contributed by atoms with Crippen LogP contribution in [0.3, 0.4) is 0 Å². The Bertz CT molecular complexity index is 1460. The van der Waals surface area contributed by atoms with Gasteiger partial charge in [-0.05, 0) is 73.8 Å². The van der Waals surface area contributed by atoms with Crippen molar-refractivity contribution in [3.8, 4) is 16.9 Å². The molecule has 0 heterocycles. The Balaban J connectivity index is 1.72. The number of fused-ring (bicyclic) bond motifs is 3. The molecule has 1 saturated carbocycles. The van der Waals surface area contributed by atoms with Crippen LogP contribution in [0.1, 0.15) is 42.0 Å². The number of rotatable bonds is 3. The van der Waals surface area contributed by atoms with Crippen LogP contribution in [0.25, 0.3) is 16.9 Å². The molecule has 192 valence electrons. The zero-order valence-corrected chi connectivity index (χ0v) is 21.7. The molecule has 1 fully saturated rings. The van der Waals surface area contributed by atoms with Gasteiger partial charge < -0.3 is 20.2 Å². The number of aromatic hydroxyl groups is 1. The molecule has 7 nitrogen and oxygen atoms in total. The predicted molar refractivity (Wildman–Crippen MR) is 141 cm³/mol. The van der Waals surface area contributed by atoms with Gasteiger partial charge in [0.25, 0.3) is 0 Å². The summed E-state index contributed by atoms with van der Waals surface area (Å²) in [6, 6.07) is 7.78. The number of allylic oxidation sites excluding steroid dienone is 3. The number of Topliss-reactive ketones (excluding diaryl/α,β-unsaturated/α-hetero) is 3. The first kappa shape index (κ1) is 24.8. The number of carbonyl (C=O) groups excluding carboxylic acids is 3. The van der Waals surface area contributed by atoms with E-state index in [4.69, 9.17) is 0 Å². The number of anilines is 1. The average Bonchev–Trinajstić information content (AvgIpc) is 2.80. The van der Waals surface area contributed by atoms with E-state index in [-0.39, 0.29) is 40.6 Å². The van der Waals surface area contributed by atoms with Gasteiger partial charge in [-0.15, -0.1) is 0 Å². The maximum atomic E-state index is 13.7. The van der Waals surface area contributed by atoms with Gasteiger partial charge in [-0.1, -0.05) is 18.2 Å². The monoisotopic (exact) mass is 501 g/mol. The minimum Gasteiger partial charge on any atom is -0.511 e. The number of hydrogen-bond acceptors (Lipinski definition) is 7. The third-order valence-electron chi connectivity index (χ3n) is 8.27. The van der Waals surface area contributed by atoms with Crippen LogP contribution in [0, 0.1) is 31.6 Å². The minimum absolute atomic E-state index is 0.00425. The number of phenolic OH excluding ortho intramolecular Hbond substituents is 1. The second-order valence-electron chi connectivity index (χ2n) is 10.8. The highest BCUT2D eigenvalue weighted by molar-refractivity contribution is 6.22. The van der Waals surface area contributed by atoms with Crippen molar-refractivity contribution >= 4 is 28.8 Å². The van der Waals surface area contributed by atoms with E-state index in [1.54, 1.807) is 0 Å². The quantitative estimate of drug-likeness (QED) is 0.519. The Labute approximate surface area is 215 Å². The molecular formula is C30H31NO6. The Morgan fingerprint density at radius 1 is 1.00 bits per heavy atom. The van der Waals surface area contributed by atoms with Crippen LogP contribution in [0.2, 0.25) is 0 Å². The first-order valence-electron chi connectivity index (χ1n) is 12.5. The Morgan fingerprint density at radius 2 is 1.70 bits per heavy atom. The third kappa shape index (κ3) is 3.67. The number of phenols is 1. The highest BCUT2D eigenvalue weighted by atomic mass is 16.3. The highest BCUT2D eigenvalue weighted by Gasteiger charge is 2.51. The first-order chi connectivity index (χ1) is 17.4. The molecule has 0 bridgehead atoms. The second kappa shape index (κ2) is 8.61. The van der Waals surface area contributed by atoms with Crippen molar-refractivity contribution in [1.29, 1.82) is 0 Å². The lowest BCUT2D eigenvalue weighted by atomic mass is 9.61. The zero-order valence-electron chi connectivity index (χ0n) is 21.7. The van der Waals surface area contributed by atoms with E-state index in [2.05, 4.69) is 0 Å². The minimum atomic E-state index is -1.05. The van der Waals surface area contributed by atoms with Gasteiger partial charge in [0.1, 0.15) is 17.3 Å². The molecular weight excluding hydrogens is 470 g/mol. The van der Waals surface area contributed by atoms with E-state index in [0.29, 0.717) is 18.4 Å². The van der Waals surface area contributed by atoms with Crippen molar-refractivity contribution in [2.45, 2.75) is 40.0 Å². The fourth-order valence-electron chi connectivity index (χ4n) is 6.33. The zero-order chi connectivity index (χ0) is 26.9. The van der Waals surface area contributed by atoms with Gasteiger partial charge in [0.2, 0.25) is 0 Å². The number of ketones is 3. The van der Waals surface area contributed by atoms with E-state index in [1.165, 1.54) is 6.92 Å². The maximum Gasteiger partial charge on any atom is 0.173 e. The Hall–Kier alpha value is -3.87. The molecule has 3 aliphatic carbocycles. The number of aliphatic hydroxyl groups excluding tert-OH is 2. The predicted octanol–water partition coefficient (Wildman–Crippen LogP) is 4.76. The molecule has 0 radical (unpaired) electrons. The van der Waals surface area contributed by atoms with Gasteiger partial charge in [-0.3, -0.25) is 14.4 Å². The molecule has 3 N–H and O–H groups in total. The molecule has 0 aliphatic heterocycles. The number of aliphatic hydroxyl groups is 2. The summed E-state index contributed by atoms with van der Waals surface area (Å²) in [4.78, 5) is 40.3. The third-order valence-corrected chi connectivity index (χ3v) is 8.27. The van der Waals surface area contributed by atoms with Crippen LogP contribution in [0.4, 0.5) is 5.69 Å². The molecule has 3 aliphatic rings. The van der Waals surface area contributed by atoms with E-state index >= 15 is 0 Å². The van der Waals surface area contributed by atoms with Gasteiger partial charge in [0, 0.05) is 37.3 Å². The van der Waals surface area contributed by atoms with Crippen LogP contribution < -0.4 is 4.90 Å². The molecule has 3 unspecified atom stereocenters. The normalized spacial score (nSPS) is 23.0. The number of benzene rings is 2. The lowest BCUT2D eigenvalue weighted by Crippen LogP contribution is -2.43. The molecule has 37 heavy (non-hydrogen) atoms. The van der Waals surface area contributed by atoms with Crippen LogP contribution in [0.5, 0.6) is 5.75 Å². The van der Waals surface area contributed by atoms with Gasteiger partial charge in [0.05, 0.1) is 17.1 Å². The fraction of sp³-hybridized carbons (Fsp3) is 0.367. The molecule has 0 aromatic heterocycles. The largest absolute Gasteiger partial charge is 0.511 e. The summed E-state index contributed by atoms with van der Waals surface area (Å²) in [5, 5.41) is 33.8. The van der Waals surface area contributed by atoms with Gasteiger partial charge in [-0.2, -0.15) is 0 Å². The van der Waals surface area contributed by atoms with Crippen LogP contribution in [0.15, 0.2) is 41.2 Å². The van der Waals surface area contributed by atoms with E-state index in [9.17, 15) is 29.7 Å². The fourth-order valence-corrected chi connectivity index (χ4v) is 6.33. The summed E-state index contributed by atoms with van der Waals surface area (Å²) in [5.41, 5.74) is 5.12. The van der Waals surface area contributed by atoms with Crippen molar-refractivity contribution < 1.29 is 29.7 Å². The summed E-state index contributed by atoms with van der Waals surface area (Å²) in [6.45, 7) is 5.20. The number of aryl methyl sites for hydroxylation is 2. The smallest absolute Gasteiger partial charge is 0.173 e. The summed E-state index contributed by atoms with van der Waals surface area (Å²) in [5.74, 6) is -4.28. The lowest BCUT2D eigenvalue weighted by Gasteiger charge is -2.41. The summed E-state index contributed by atoms with van der Waals surface area (Å²) in [7, 11) is 3.78. The van der Waals surface area contributed by atoms with E-state index in [0.717, 1.165) is 27.9 Å². The summed E-state index contributed by atoms with van der Waals surface area (Å²) >= 11 is 0. The van der Waals surface area contributed by atoms with Gasteiger partial charge in [-0.25, -0.2) is 0 Å². The number of carbonyl (C=O) groups is 3. The van der Waals surface area contributed by atoms with Gasteiger partial charge in [0.15, 0.2) is 17.3 Å². The maximum absolute atomic E-state index is 13.7. The molecule has 0 amide bonds. The number of hydrogen-bond donors (Lipinski definition) is 3. The van der Waals surface area contributed by atoms with Crippen LogP contribution in [-0.2, 0) is 20.8 Å². The van der Waals surface area contributed by atoms with Crippen molar-refractivity contribution in [3.05, 3.63) is 63.4 Å². The molecule has 5 rings (SSSR count). The molecule has 0 saturated heterocycles. The first-order valence-corrected chi connectivity index (χ1v) is 12.5. The average molecular weight is 502 g/mol. The molecule has 7 heteroatoms. The van der Waals surface area contributed by atoms with E-state index < -0.39 is 34.9 Å². The topological polar surface area (TPSA) is 115 Å². The van der Waals surface area contributed by atoms with E-state index in [1.807, 2.05) is 57.1 Å². The second-order valence-corrected chi connectivity index (χ2v) is 10.8. The lowest BCUT2D eigenvalue weighted by molar-refractivity contribution is -0.127. The van der Waals surface area contributed by atoms with Crippen LogP contribution >= 0.6 is 0 Å². The Morgan fingerprint density at radius 3 is 2.32 bits per heavy atom. The molecule has 2 aromatic carbocycles. The highest BCUT2D eigenvalue weighted by Crippen LogP contribution is 2.53. The van der Waals surface area contributed by atoms with Crippen molar-refractivity contribution in [1.82, 2.24) is 0 Å². The molecule has 3 atom stereocenters. The van der Waals surface area contributed by atoms with Crippen molar-refractivity contribution in [2.75, 3.05) is 19.0 Å². The SMILES string of the molecule is CC(=O)C1=C(O)C2C(=O)C3=C(O)c4c(O)c(-c5ccc(C)c(C)c5)cc(N(C)C)c4CC3CC2CC1=O. The van der Waals surface area contributed by atoms with Crippen molar-refractivity contribution in [3.63, 3.8) is 0 Å². The standard InChI is InChI=1S/C30H31NO6/c1-13-6-7-16(8-14(13)2)19-12-21(31(4)5)20-10-17-9-18-11-22(33)23(15(3)32)28(35)25(18)29(36)24(17)30(37)26(20)27(19)34/h6-8,12,17-18,25,34-35,37H,9-11H2,1-5H3. The van der Waals surface area contributed by atoms with Gasteiger partial charge >= 0.3 is 0 Å². The molecule has 2 aromatic rings. The van der Waals surface area contributed by atoms with Crippen LogP contribution in [-0.4, -0.2) is 46.8 Å². The van der Waals surface area contributed by atoms with Crippen molar-refractivity contribution in [2.24, 2.45) is 17.8 Å².